The van der Waals surface area contributed by atoms with Crippen LogP contribution in [0.15, 0.2) is 0 Å². The molecule has 0 aliphatic heterocycles. The second kappa shape index (κ2) is 4.82. The Morgan fingerprint density at radius 3 is 2.52 bits per heavy atom. The van der Waals surface area contributed by atoms with Gasteiger partial charge >= 0.3 is 0 Å². The van der Waals surface area contributed by atoms with Crippen LogP contribution in [0.5, 0.6) is 0 Å². The van der Waals surface area contributed by atoms with Crippen molar-refractivity contribution < 1.29 is 15.0 Å². The summed E-state index contributed by atoms with van der Waals surface area (Å²) in [5.41, 5.74) is -0.804. The van der Waals surface area contributed by atoms with E-state index in [1.54, 1.807) is 0 Å². The molecule has 4 aliphatic carbocycles. The summed E-state index contributed by atoms with van der Waals surface area (Å²) in [6, 6.07) is 0. The highest BCUT2D eigenvalue weighted by molar-refractivity contribution is 5.79. The molecule has 3 heteroatoms. The molecule has 0 aromatic rings. The number of ketones is 1. The molecule has 4 saturated carbocycles. The summed E-state index contributed by atoms with van der Waals surface area (Å²) in [6.45, 7) is 6.50. The van der Waals surface area contributed by atoms with Crippen molar-refractivity contribution in [3.63, 3.8) is 0 Å². The van der Waals surface area contributed by atoms with Crippen LogP contribution in [0.3, 0.4) is 0 Å². The van der Waals surface area contributed by atoms with E-state index in [4.69, 9.17) is 0 Å². The highest BCUT2D eigenvalue weighted by Crippen LogP contribution is 2.67. The van der Waals surface area contributed by atoms with Crippen LogP contribution in [-0.4, -0.2) is 27.7 Å². The van der Waals surface area contributed by atoms with Crippen molar-refractivity contribution in [2.45, 2.75) is 83.8 Å². The first-order valence-corrected chi connectivity index (χ1v) is 9.62. The lowest BCUT2D eigenvalue weighted by atomic mass is 9.44. The van der Waals surface area contributed by atoms with Crippen molar-refractivity contribution in [2.75, 3.05) is 0 Å². The minimum Gasteiger partial charge on any atom is -0.390 e. The Kier molecular flexibility index (Phi) is 3.37. The van der Waals surface area contributed by atoms with Crippen molar-refractivity contribution in [2.24, 2.45) is 34.5 Å². The molecule has 0 aromatic carbocycles. The summed E-state index contributed by atoms with van der Waals surface area (Å²) in [7, 11) is 0. The number of carbonyl (C=O) groups excluding carboxylic acids is 1. The van der Waals surface area contributed by atoms with E-state index >= 15 is 0 Å². The molecule has 0 spiro atoms. The molecule has 0 unspecified atom stereocenters. The van der Waals surface area contributed by atoms with Gasteiger partial charge in [0.1, 0.15) is 5.78 Å². The Labute approximate surface area is 139 Å². The van der Waals surface area contributed by atoms with Gasteiger partial charge in [0, 0.05) is 18.3 Å². The summed E-state index contributed by atoms with van der Waals surface area (Å²) >= 11 is 0. The number of hydrogen-bond acceptors (Lipinski definition) is 3. The molecule has 8 atom stereocenters. The molecule has 4 aliphatic rings. The van der Waals surface area contributed by atoms with Crippen LogP contribution in [0, 0.1) is 34.5 Å². The van der Waals surface area contributed by atoms with Crippen LogP contribution < -0.4 is 0 Å². The highest BCUT2D eigenvalue weighted by Gasteiger charge is 2.66. The van der Waals surface area contributed by atoms with E-state index < -0.39 is 11.7 Å². The predicted octanol–water partition coefficient (Wildman–Crippen LogP) is 3.32. The van der Waals surface area contributed by atoms with Crippen molar-refractivity contribution in [3.05, 3.63) is 0 Å². The van der Waals surface area contributed by atoms with E-state index in [0.29, 0.717) is 34.9 Å². The van der Waals surface area contributed by atoms with Crippen LogP contribution in [0.4, 0.5) is 0 Å². The number of aliphatic hydroxyl groups excluding tert-OH is 1. The van der Waals surface area contributed by atoms with Crippen LogP contribution in [0.2, 0.25) is 0 Å². The molecule has 23 heavy (non-hydrogen) atoms. The fourth-order valence-corrected chi connectivity index (χ4v) is 7.28. The lowest BCUT2D eigenvalue weighted by molar-refractivity contribution is -0.162. The number of aliphatic hydroxyl groups is 2. The monoisotopic (exact) mass is 320 g/mol. The van der Waals surface area contributed by atoms with Gasteiger partial charge in [-0.3, -0.25) is 4.79 Å². The van der Waals surface area contributed by atoms with Crippen LogP contribution in [0.1, 0.15) is 72.1 Å². The summed E-state index contributed by atoms with van der Waals surface area (Å²) in [6.07, 6.45) is 7.29. The van der Waals surface area contributed by atoms with Gasteiger partial charge in [-0.25, -0.2) is 0 Å². The van der Waals surface area contributed by atoms with Gasteiger partial charge in [0.2, 0.25) is 0 Å². The lowest BCUT2D eigenvalue weighted by Gasteiger charge is -2.60. The molecule has 0 saturated heterocycles. The van der Waals surface area contributed by atoms with E-state index in [0.717, 1.165) is 44.9 Å². The largest absolute Gasteiger partial charge is 0.390 e. The smallest absolute Gasteiger partial charge is 0.133 e. The molecule has 0 aromatic heterocycles. The van der Waals surface area contributed by atoms with Gasteiger partial charge in [0.15, 0.2) is 0 Å². The summed E-state index contributed by atoms with van der Waals surface area (Å²) in [5, 5.41) is 21.4. The first-order chi connectivity index (χ1) is 10.7. The third-order valence-corrected chi connectivity index (χ3v) is 9.15. The van der Waals surface area contributed by atoms with Gasteiger partial charge in [-0.15, -0.1) is 0 Å². The molecule has 4 fully saturated rings. The third kappa shape index (κ3) is 1.93. The first-order valence-electron chi connectivity index (χ1n) is 9.62. The van der Waals surface area contributed by atoms with Gasteiger partial charge in [-0.2, -0.15) is 0 Å². The van der Waals surface area contributed by atoms with Crippen molar-refractivity contribution in [1.29, 1.82) is 0 Å². The zero-order chi connectivity index (χ0) is 16.6. The molecule has 0 bridgehead atoms. The lowest BCUT2D eigenvalue weighted by Crippen LogP contribution is -2.56. The second-order valence-corrected chi connectivity index (χ2v) is 9.75. The molecule has 0 radical (unpaired) electrons. The SMILES string of the molecule is C[C@]12CCC(=O)C[C@@H]1CC[C@@H]1[C@@H]2CC[C@@]2(C)[C@H]1C[C@H](O)[C@]2(C)O. The molecular formula is C20H32O3. The van der Waals surface area contributed by atoms with Gasteiger partial charge in [-0.1, -0.05) is 13.8 Å². The van der Waals surface area contributed by atoms with Gasteiger partial charge in [0.05, 0.1) is 11.7 Å². The average molecular weight is 320 g/mol. The Morgan fingerprint density at radius 2 is 1.78 bits per heavy atom. The molecule has 130 valence electrons. The Balaban J connectivity index is 1.66. The molecule has 3 nitrogen and oxygen atoms in total. The average Bonchev–Trinajstić information content (AvgIpc) is 2.67. The third-order valence-electron chi connectivity index (χ3n) is 9.15. The summed E-state index contributed by atoms with van der Waals surface area (Å²) in [4.78, 5) is 11.9. The molecule has 0 heterocycles. The predicted molar refractivity (Wildman–Crippen MR) is 88.7 cm³/mol. The van der Waals surface area contributed by atoms with Gasteiger partial charge < -0.3 is 10.2 Å². The fourth-order valence-electron chi connectivity index (χ4n) is 7.28. The van der Waals surface area contributed by atoms with E-state index in [1.807, 2.05) is 6.92 Å². The number of fused-ring (bicyclic) bond motifs is 5. The Bertz CT molecular complexity index is 527. The topological polar surface area (TPSA) is 57.5 Å². The van der Waals surface area contributed by atoms with Crippen molar-refractivity contribution in [1.82, 2.24) is 0 Å². The minimum absolute atomic E-state index is 0.152. The zero-order valence-electron chi connectivity index (χ0n) is 14.8. The van der Waals surface area contributed by atoms with Gasteiger partial charge in [-0.05, 0) is 74.5 Å². The minimum atomic E-state index is -0.955. The first kappa shape index (κ1) is 16.1. The Morgan fingerprint density at radius 1 is 1.04 bits per heavy atom. The molecule has 2 N–H and O–H groups in total. The number of hydrogen-bond donors (Lipinski definition) is 2. The quantitative estimate of drug-likeness (QED) is 0.720. The van der Waals surface area contributed by atoms with E-state index in [9.17, 15) is 15.0 Å². The van der Waals surface area contributed by atoms with Crippen LogP contribution in [-0.2, 0) is 4.79 Å². The van der Waals surface area contributed by atoms with Crippen LogP contribution >= 0.6 is 0 Å². The highest BCUT2D eigenvalue weighted by atomic mass is 16.3. The van der Waals surface area contributed by atoms with Gasteiger partial charge in [0.25, 0.3) is 0 Å². The Hall–Kier alpha value is -0.410. The van der Waals surface area contributed by atoms with Crippen LogP contribution in [0.25, 0.3) is 0 Å². The van der Waals surface area contributed by atoms with E-state index in [-0.39, 0.29) is 5.41 Å². The molecular weight excluding hydrogens is 288 g/mol. The maximum Gasteiger partial charge on any atom is 0.133 e. The molecule has 4 rings (SSSR count). The summed E-state index contributed by atoms with van der Waals surface area (Å²) in [5.74, 6) is 2.76. The molecule has 0 amide bonds. The standard InChI is InChI=1S/C20H32O3/c1-18-8-6-13(21)10-12(18)4-5-14-15(18)7-9-19(2)16(14)11-17(22)20(19,3)23/h12,14-17,22-23H,4-11H2,1-3H3/t12-,14+,15-,16-,17-,18-,19-,20-/m0/s1. The fraction of sp³-hybridized carbons (Fsp3) is 0.950. The normalized spacial score (nSPS) is 59.2. The second-order valence-electron chi connectivity index (χ2n) is 9.75. The number of rotatable bonds is 0. The zero-order valence-corrected chi connectivity index (χ0v) is 14.8. The van der Waals surface area contributed by atoms with Crippen molar-refractivity contribution >= 4 is 5.78 Å². The number of Topliss-reactive ketones (excluding diaryl/α,β-unsaturated/α-hetero) is 1. The maximum atomic E-state index is 11.9. The number of carbonyl (C=O) groups is 1. The van der Waals surface area contributed by atoms with E-state index in [2.05, 4.69) is 13.8 Å². The van der Waals surface area contributed by atoms with E-state index in [1.165, 1.54) is 6.42 Å². The maximum absolute atomic E-state index is 11.9. The summed E-state index contributed by atoms with van der Waals surface area (Å²) < 4.78 is 0. The van der Waals surface area contributed by atoms with Crippen molar-refractivity contribution in [3.8, 4) is 0 Å².